The van der Waals surface area contributed by atoms with Crippen molar-refractivity contribution in [2.75, 3.05) is 23.7 Å². The number of piperidine rings is 1. The fourth-order valence-electron chi connectivity index (χ4n) is 3.77. The summed E-state index contributed by atoms with van der Waals surface area (Å²) in [4.78, 5) is 2.41. The third-order valence-electron chi connectivity index (χ3n) is 5.12. The highest BCUT2D eigenvalue weighted by molar-refractivity contribution is 5.64. The molecule has 0 radical (unpaired) electrons. The Morgan fingerprint density at radius 3 is 3.00 bits per heavy atom. The minimum Gasteiger partial charge on any atom is -0.398 e. The van der Waals surface area contributed by atoms with E-state index >= 15 is 0 Å². The molecular weight excluding hydrogens is 236 g/mol. The largest absolute Gasteiger partial charge is 0.398 e. The maximum absolute atomic E-state index is 10.7. The van der Waals surface area contributed by atoms with Crippen LogP contribution in [-0.2, 0) is 0 Å². The van der Waals surface area contributed by atoms with Gasteiger partial charge in [0.1, 0.15) is 0 Å². The molecule has 1 aromatic carbocycles. The first kappa shape index (κ1) is 12.8. The van der Waals surface area contributed by atoms with E-state index in [0.717, 1.165) is 38.0 Å². The zero-order chi connectivity index (χ0) is 13.5. The van der Waals surface area contributed by atoms with Crippen molar-refractivity contribution in [3.8, 4) is 0 Å². The van der Waals surface area contributed by atoms with E-state index in [1.165, 1.54) is 24.1 Å². The minimum atomic E-state index is -0.400. The third kappa shape index (κ3) is 2.20. The second-order valence-electron chi connectivity index (χ2n) is 6.23. The van der Waals surface area contributed by atoms with Crippen molar-refractivity contribution in [1.29, 1.82) is 0 Å². The van der Waals surface area contributed by atoms with Crippen LogP contribution in [0.3, 0.4) is 0 Å². The Morgan fingerprint density at radius 2 is 2.16 bits per heavy atom. The van der Waals surface area contributed by atoms with Crippen molar-refractivity contribution in [3.05, 3.63) is 23.8 Å². The number of fused-ring (bicyclic) bond motifs is 1. The van der Waals surface area contributed by atoms with Crippen LogP contribution < -0.4 is 10.6 Å². The Labute approximate surface area is 115 Å². The quantitative estimate of drug-likeness (QED) is 0.763. The smallest absolute Gasteiger partial charge is 0.0709 e. The molecule has 2 unspecified atom stereocenters. The lowest BCUT2D eigenvalue weighted by atomic mass is 9.71. The average Bonchev–Trinajstić information content (AvgIpc) is 2.41. The molecule has 3 heteroatoms. The summed E-state index contributed by atoms with van der Waals surface area (Å²) < 4.78 is 0. The van der Waals surface area contributed by atoms with Crippen molar-refractivity contribution in [3.63, 3.8) is 0 Å². The Morgan fingerprint density at radius 1 is 1.32 bits per heavy atom. The van der Waals surface area contributed by atoms with E-state index in [4.69, 9.17) is 5.73 Å². The first-order valence-electron chi connectivity index (χ1n) is 7.42. The predicted octanol–water partition coefficient (Wildman–Crippen LogP) is 2.71. The molecule has 0 bridgehead atoms. The highest BCUT2D eigenvalue weighted by Crippen LogP contribution is 2.41. The summed E-state index contributed by atoms with van der Waals surface area (Å²) in [5, 5.41) is 10.7. The Kier molecular flexibility index (Phi) is 3.17. The Bertz CT molecular complexity index is 474. The molecule has 1 heterocycles. The van der Waals surface area contributed by atoms with Crippen molar-refractivity contribution >= 4 is 11.4 Å². The van der Waals surface area contributed by atoms with E-state index in [1.807, 2.05) is 12.1 Å². The summed E-state index contributed by atoms with van der Waals surface area (Å²) in [7, 11) is 0. The Balaban J connectivity index is 1.83. The number of benzene rings is 1. The molecular formula is C16H24N2O. The molecule has 1 saturated heterocycles. The van der Waals surface area contributed by atoms with Crippen LogP contribution in [-0.4, -0.2) is 23.8 Å². The fraction of sp³-hybridized carbons (Fsp3) is 0.625. The van der Waals surface area contributed by atoms with Crippen LogP contribution in [0.25, 0.3) is 0 Å². The Hall–Kier alpha value is -1.22. The second-order valence-corrected chi connectivity index (χ2v) is 6.23. The first-order valence-corrected chi connectivity index (χ1v) is 7.42. The predicted molar refractivity (Wildman–Crippen MR) is 79.3 cm³/mol. The number of hydrogen-bond donors (Lipinski definition) is 2. The normalized spacial score (nSPS) is 31.1. The number of nitrogen functional groups attached to an aromatic ring is 1. The van der Waals surface area contributed by atoms with Gasteiger partial charge < -0.3 is 15.7 Å². The summed E-state index contributed by atoms with van der Waals surface area (Å²) >= 11 is 0. The van der Waals surface area contributed by atoms with Gasteiger partial charge in [0.2, 0.25) is 0 Å². The highest BCUT2D eigenvalue weighted by atomic mass is 16.3. The van der Waals surface area contributed by atoms with Crippen LogP contribution in [0.2, 0.25) is 0 Å². The van der Waals surface area contributed by atoms with Gasteiger partial charge in [-0.25, -0.2) is 0 Å². The molecule has 3 nitrogen and oxygen atoms in total. The molecule has 2 aliphatic rings. The zero-order valence-electron chi connectivity index (χ0n) is 11.7. The number of hydrogen-bond acceptors (Lipinski definition) is 3. The lowest BCUT2D eigenvalue weighted by Crippen LogP contribution is -2.53. The molecule has 104 valence electrons. The minimum absolute atomic E-state index is 0.400. The molecule has 1 saturated carbocycles. The van der Waals surface area contributed by atoms with Crippen molar-refractivity contribution in [1.82, 2.24) is 0 Å². The molecule has 0 aromatic heterocycles. The molecule has 2 fully saturated rings. The number of rotatable bonds is 1. The maximum atomic E-state index is 10.7. The van der Waals surface area contributed by atoms with Crippen LogP contribution in [0, 0.1) is 12.8 Å². The number of anilines is 2. The third-order valence-corrected chi connectivity index (χ3v) is 5.12. The standard InChI is InChI=1S/C16H24N2O/c1-12-14(17)6-4-7-15(12)18-10-9-16(19)8-3-2-5-13(16)11-18/h4,6-7,13,19H,2-3,5,8-11,17H2,1H3. The van der Waals surface area contributed by atoms with Crippen molar-refractivity contribution in [2.45, 2.75) is 44.6 Å². The van der Waals surface area contributed by atoms with Crippen molar-refractivity contribution < 1.29 is 5.11 Å². The van der Waals surface area contributed by atoms with Crippen LogP contribution >= 0.6 is 0 Å². The van der Waals surface area contributed by atoms with E-state index in [-0.39, 0.29) is 0 Å². The molecule has 0 amide bonds. The van der Waals surface area contributed by atoms with Crippen LogP contribution in [0.15, 0.2) is 18.2 Å². The van der Waals surface area contributed by atoms with Gasteiger partial charge in [-0.2, -0.15) is 0 Å². The van der Waals surface area contributed by atoms with E-state index < -0.39 is 5.60 Å². The van der Waals surface area contributed by atoms with Crippen LogP contribution in [0.1, 0.15) is 37.7 Å². The van der Waals surface area contributed by atoms with Crippen molar-refractivity contribution in [2.24, 2.45) is 5.92 Å². The summed E-state index contributed by atoms with van der Waals surface area (Å²) in [6, 6.07) is 6.14. The number of aliphatic hydroxyl groups is 1. The lowest BCUT2D eigenvalue weighted by molar-refractivity contribution is -0.0612. The van der Waals surface area contributed by atoms with E-state index in [2.05, 4.69) is 17.9 Å². The molecule has 1 aliphatic heterocycles. The van der Waals surface area contributed by atoms with Gasteiger partial charge in [-0.3, -0.25) is 0 Å². The molecule has 3 N–H and O–H groups in total. The molecule has 0 spiro atoms. The van der Waals surface area contributed by atoms with Gasteiger partial charge in [0, 0.05) is 30.4 Å². The maximum Gasteiger partial charge on any atom is 0.0709 e. The van der Waals surface area contributed by atoms with Crippen LogP contribution in [0.4, 0.5) is 11.4 Å². The SMILES string of the molecule is Cc1c(N)cccc1N1CCC2(O)CCCCC2C1. The fourth-order valence-corrected chi connectivity index (χ4v) is 3.77. The monoisotopic (exact) mass is 260 g/mol. The van der Waals surface area contributed by atoms with E-state index in [0.29, 0.717) is 5.92 Å². The second kappa shape index (κ2) is 4.71. The molecule has 3 rings (SSSR count). The van der Waals surface area contributed by atoms with Gasteiger partial charge in [0.05, 0.1) is 5.60 Å². The van der Waals surface area contributed by atoms with Gasteiger partial charge in [0.15, 0.2) is 0 Å². The lowest BCUT2D eigenvalue weighted by Gasteiger charge is -2.48. The first-order chi connectivity index (χ1) is 9.10. The summed E-state index contributed by atoms with van der Waals surface area (Å²) in [6.45, 7) is 4.00. The summed E-state index contributed by atoms with van der Waals surface area (Å²) in [6.07, 6.45) is 5.49. The molecule has 1 aliphatic carbocycles. The van der Waals surface area contributed by atoms with Gasteiger partial charge >= 0.3 is 0 Å². The van der Waals surface area contributed by atoms with E-state index in [9.17, 15) is 5.11 Å². The van der Waals surface area contributed by atoms with Crippen LogP contribution in [0.5, 0.6) is 0 Å². The van der Waals surface area contributed by atoms with Gasteiger partial charge in [-0.05, 0) is 43.9 Å². The van der Waals surface area contributed by atoms with E-state index in [1.54, 1.807) is 0 Å². The number of nitrogens with two attached hydrogens (primary N) is 1. The number of nitrogens with zero attached hydrogens (tertiary/aromatic N) is 1. The zero-order valence-corrected chi connectivity index (χ0v) is 11.7. The molecule has 1 aromatic rings. The molecule has 2 atom stereocenters. The topological polar surface area (TPSA) is 49.5 Å². The van der Waals surface area contributed by atoms with Gasteiger partial charge in [-0.15, -0.1) is 0 Å². The molecule has 19 heavy (non-hydrogen) atoms. The summed E-state index contributed by atoms with van der Waals surface area (Å²) in [5.41, 5.74) is 8.89. The average molecular weight is 260 g/mol. The van der Waals surface area contributed by atoms with Gasteiger partial charge in [-0.1, -0.05) is 18.9 Å². The summed E-state index contributed by atoms with van der Waals surface area (Å²) in [5.74, 6) is 0.427. The highest BCUT2D eigenvalue weighted by Gasteiger charge is 2.42. The van der Waals surface area contributed by atoms with Gasteiger partial charge in [0.25, 0.3) is 0 Å².